The Balaban J connectivity index is 2.27. The van der Waals surface area contributed by atoms with Gasteiger partial charge in [-0.3, -0.25) is 0 Å². The van der Waals surface area contributed by atoms with Crippen LogP contribution in [0.5, 0.6) is 0 Å². The Labute approximate surface area is 149 Å². The summed E-state index contributed by atoms with van der Waals surface area (Å²) in [6.45, 7) is 5.43. The average Bonchev–Trinajstić information content (AvgIpc) is 2.99. The average molecular weight is 362 g/mol. The molecular weight excluding hydrogens is 346 g/mol. The summed E-state index contributed by atoms with van der Waals surface area (Å²) in [5.41, 5.74) is 1.99. The van der Waals surface area contributed by atoms with Crippen molar-refractivity contribution in [3.63, 3.8) is 0 Å². The zero-order valence-electron chi connectivity index (χ0n) is 13.5. The fourth-order valence-electron chi connectivity index (χ4n) is 2.24. The van der Waals surface area contributed by atoms with Gasteiger partial charge in [0.15, 0.2) is 6.19 Å². The van der Waals surface area contributed by atoms with Crippen LogP contribution >= 0.6 is 11.6 Å². The maximum absolute atomic E-state index is 11.9. The number of carbonyl (C=O) groups excluding carboxylic acids is 2. The molecule has 0 aromatic heterocycles. The third-order valence-electron chi connectivity index (χ3n) is 3.39. The summed E-state index contributed by atoms with van der Waals surface area (Å²) < 4.78 is 4.91. The first-order chi connectivity index (χ1) is 12.0. The molecule has 2 rings (SSSR count). The van der Waals surface area contributed by atoms with E-state index in [9.17, 15) is 9.59 Å². The van der Waals surface area contributed by atoms with E-state index in [0.29, 0.717) is 16.3 Å². The number of halogens is 1. The molecule has 1 unspecified atom stereocenters. The molecule has 1 heterocycles. The topological polar surface area (TPSA) is 107 Å². The number of urea groups is 1. The van der Waals surface area contributed by atoms with Crippen LogP contribution in [-0.4, -0.2) is 42.0 Å². The predicted octanol–water partition coefficient (Wildman–Crippen LogP) is 2.14. The van der Waals surface area contributed by atoms with Gasteiger partial charge in [-0.05, 0) is 24.6 Å². The number of hydrazone groups is 1. The van der Waals surface area contributed by atoms with Gasteiger partial charge in [0.25, 0.3) is 0 Å². The summed E-state index contributed by atoms with van der Waals surface area (Å²) in [4.78, 5) is 23.7. The second-order valence-electron chi connectivity index (χ2n) is 5.16. The van der Waals surface area contributed by atoms with E-state index in [1.54, 1.807) is 24.4 Å². The minimum Gasteiger partial charge on any atom is -0.445 e. The molecule has 0 fully saturated rings. The first-order valence-corrected chi connectivity index (χ1v) is 7.70. The van der Waals surface area contributed by atoms with Crippen molar-refractivity contribution in [2.75, 3.05) is 13.2 Å². The zero-order chi connectivity index (χ0) is 18.4. The van der Waals surface area contributed by atoms with Crippen molar-refractivity contribution in [2.24, 2.45) is 5.10 Å². The number of benzene rings is 1. The molecule has 0 saturated heterocycles. The second kappa shape index (κ2) is 8.17. The number of alkyl carbamates (subject to hydrolysis) is 1. The van der Waals surface area contributed by atoms with E-state index in [1.165, 1.54) is 6.08 Å². The fraction of sp³-hybridized carbons (Fsp3) is 0.250. The van der Waals surface area contributed by atoms with Gasteiger partial charge in [0, 0.05) is 10.6 Å². The van der Waals surface area contributed by atoms with E-state index in [0.717, 1.165) is 10.6 Å². The number of rotatable bonds is 4. The van der Waals surface area contributed by atoms with Crippen LogP contribution in [0.2, 0.25) is 5.02 Å². The largest absolute Gasteiger partial charge is 0.445 e. The van der Waals surface area contributed by atoms with E-state index in [1.807, 2.05) is 12.2 Å². The zero-order valence-corrected chi connectivity index (χ0v) is 14.2. The monoisotopic (exact) mass is 361 g/mol. The molecule has 0 aliphatic carbocycles. The first kappa shape index (κ1) is 18.3. The molecule has 8 nitrogen and oxygen atoms in total. The molecule has 1 aliphatic heterocycles. The van der Waals surface area contributed by atoms with Gasteiger partial charge in [-0.1, -0.05) is 30.3 Å². The summed E-state index contributed by atoms with van der Waals surface area (Å²) >= 11 is 6.04. The van der Waals surface area contributed by atoms with Gasteiger partial charge < -0.3 is 10.1 Å². The second-order valence-corrected chi connectivity index (χ2v) is 5.56. The van der Waals surface area contributed by atoms with Gasteiger partial charge in [0.2, 0.25) is 0 Å². The van der Waals surface area contributed by atoms with Crippen molar-refractivity contribution in [3.8, 4) is 6.19 Å². The van der Waals surface area contributed by atoms with Crippen LogP contribution in [0.25, 0.3) is 0 Å². The van der Waals surface area contributed by atoms with Crippen LogP contribution in [0.3, 0.4) is 0 Å². The first-order valence-electron chi connectivity index (χ1n) is 7.32. The Hall–Kier alpha value is -3.05. The highest BCUT2D eigenvalue weighted by Crippen LogP contribution is 2.21. The van der Waals surface area contributed by atoms with Crippen LogP contribution in [0, 0.1) is 18.4 Å². The maximum atomic E-state index is 11.9. The van der Waals surface area contributed by atoms with Gasteiger partial charge in [0.05, 0.1) is 18.3 Å². The van der Waals surface area contributed by atoms with Crippen molar-refractivity contribution < 1.29 is 14.3 Å². The lowest BCUT2D eigenvalue weighted by Gasteiger charge is -2.15. The van der Waals surface area contributed by atoms with Gasteiger partial charge >= 0.3 is 12.1 Å². The number of ether oxygens (including phenoxy) is 1. The van der Waals surface area contributed by atoms with Crippen LogP contribution in [0.1, 0.15) is 11.1 Å². The maximum Gasteiger partial charge on any atom is 0.408 e. The van der Waals surface area contributed by atoms with E-state index in [4.69, 9.17) is 21.6 Å². The van der Waals surface area contributed by atoms with E-state index in [-0.39, 0.29) is 13.2 Å². The summed E-state index contributed by atoms with van der Waals surface area (Å²) in [5.74, 6) is 0. The molecule has 0 saturated carbocycles. The molecular formula is C16H16ClN5O3. The highest BCUT2D eigenvalue weighted by atomic mass is 35.5. The summed E-state index contributed by atoms with van der Waals surface area (Å²) in [5, 5.41) is 19.1. The van der Waals surface area contributed by atoms with E-state index < -0.39 is 18.2 Å². The third-order valence-corrected chi connectivity index (χ3v) is 3.81. The molecule has 3 amide bonds. The summed E-state index contributed by atoms with van der Waals surface area (Å²) in [6, 6.07) is 3.97. The van der Waals surface area contributed by atoms with Crippen molar-refractivity contribution >= 4 is 29.4 Å². The Kier molecular flexibility index (Phi) is 5.98. The predicted molar refractivity (Wildman–Crippen MR) is 92.0 cm³/mol. The lowest BCUT2D eigenvalue weighted by molar-refractivity contribution is 0.155. The molecule has 0 bridgehead atoms. The van der Waals surface area contributed by atoms with E-state index >= 15 is 0 Å². The van der Waals surface area contributed by atoms with Crippen LogP contribution in [0.15, 0.2) is 36.0 Å². The van der Waals surface area contributed by atoms with Crippen LogP contribution in [0.4, 0.5) is 9.59 Å². The highest BCUT2D eigenvalue weighted by molar-refractivity contribution is 6.31. The normalized spacial score (nSPS) is 15.8. The van der Waals surface area contributed by atoms with Gasteiger partial charge in [-0.2, -0.15) is 10.4 Å². The number of hydrogen-bond donors (Lipinski definition) is 2. The Bertz CT molecular complexity index is 772. The quantitative estimate of drug-likeness (QED) is 0.486. The molecule has 25 heavy (non-hydrogen) atoms. The van der Waals surface area contributed by atoms with Gasteiger partial charge in [-0.25, -0.2) is 19.9 Å². The van der Waals surface area contributed by atoms with Crippen molar-refractivity contribution in [2.45, 2.75) is 13.0 Å². The van der Waals surface area contributed by atoms with Crippen molar-refractivity contribution in [1.82, 2.24) is 15.6 Å². The molecule has 1 aliphatic rings. The lowest BCUT2D eigenvalue weighted by atomic mass is 10.0. The molecule has 1 aromatic carbocycles. The highest BCUT2D eigenvalue weighted by Gasteiger charge is 2.32. The molecule has 0 radical (unpaired) electrons. The van der Waals surface area contributed by atoms with E-state index in [2.05, 4.69) is 17.0 Å². The van der Waals surface area contributed by atoms with Gasteiger partial charge in [0.1, 0.15) is 6.61 Å². The molecule has 1 aromatic rings. The number of nitriles is 1. The van der Waals surface area contributed by atoms with Crippen molar-refractivity contribution in [3.05, 3.63) is 47.0 Å². The molecule has 1 atom stereocenters. The SMILES string of the molecule is C=CCOC(=O)NC1CN(C(=O)NC#N)N=C1c1ccc(Cl)c(C)c1. The molecule has 9 heteroatoms. The number of aryl methyl sites for hydroxylation is 1. The van der Waals surface area contributed by atoms with Crippen LogP contribution < -0.4 is 10.6 Å². The fourth-order valence-corrected chi connectivity index (χ4v) is 2.35. The molecule has 2 N–H and O–H groups in total. The molecule has 130 valence electrons. The Morgan fingerprint density at radius 3 is 3.00 bits per heavy atom. The Morgan fingerprint density at radius 1 is 1.60 bits per heavy atom. The smallest absolute Gasteiger partial charge is 0.408 e. The standard InChI is InChI=1S/C16H16ClN5O3/c1-3-6-25-16(24)20-13-8-22(15(23)19-9-18)21-14(13)11-4-5-12(17)10(2)7-11/h3-5,7,13H,1,6,8H2,2H3,(H,19,23)(H,20,24). The lowest BCUT2D eigenvalue weighted by Crippen LogP contribution is -2.44. The number of carbonyl (C=O) groups is 2. The molecule has 0 spiro atoms. The number of nitrogens with zero attached hydrogens (tertiary/aromatic N) is 3. The minimum atomic E-state index is -0.686. The number of amides is 3. The third kappa shape index (κ3) is 4.49. The summed E-state index contributed by atoms with van der Waals surface area (Å²) in [7, 11) is 0. The van der Waals surface area contributed by atoms with Crippen LogP contribution in [-0.2, 0) is 4.74 Å². The summed E-state index contributed by atoms with van der Waals surface area (Å²) in [6.07, 6.45) is 2.33. The minimum absolute atomic E-state index is 0.0592. The number of hydrogen-bond acceptors (Lipinski definition) is 5. The number of nitrogens with one attached hydrogen (secondary N) is 2. The van der Waals surface area contributed by atoms with Crippen molar-refractivity contribution in [1.29, 1.82) is 5.26 Å². The van der Waals surface area contributed by atoms with Gasteiger partial charge in [-0.15, -0.1) is 0 Å². The Morgan fingerprint density at radius 2 is 2.36 bits per heavy atom.